The molecule has 2 aromatic carbocycles. The number of ether oxygens (including phenoxy) is 4. The van der Waals surface area contributed by atoms with Crippen molar-refractivity contribution in [1.29, 1.82) is 0 Å². The summed E-state index contributed by atoms with van der Waals surface area (Å²) in [5.74, 6) is 2.51. The first-order valence-electron chi connectivity index (χ1n) is 10.1. The summed E-state index contributed by atoms with van der Waals surface area (Å²) in [4.78, 5) is 11.0. The summed E-state index contributed by atoms with van der Waals surface area (Å²) >= 11 is 6.16. The molecule has 0 unspecified atom stereocenters. The molecule has 0 saturated carbocycles. The van der Waals surface area contributed by atoms with Crippen molar-refractivity contribution in [2.75, 3.05) is 59.0 Å². The quantitative estimate of drug-likeness (QED) is 0.526. The van der Waals surface area contributed by atoms with Crippen molar-refractivity contribution in [3.05, 3.63) is 41.7 Å². The fourth-order valence-electron chi connectivity index (χ4n) is 3.44. The number of nitrogens with one attached hydrogen (secondary N) is 1. The molecule has 1 aliphatic rings. The molecule has 0 bridgehead atoms. The second-order valence-electron chi connectivity index (χ2n) is 7.02. The molecule has 4 rings (SSSR count). The number of fused-ring (bicyclic) bond motifs is 1. The molecular formula is C22H25ClN4O4. The minimum Gasteiger partial charge on any atom is -0.493 e. The number of hydrogen-bond donors (Lipinski definition) is 1. The van der Waals surface area contributed by atoms with E-state index in [1.165, 1.54) is 0 Å². The summed E-state index contributed by atoms with van der Waals surface area (Å²) in [5.41, 5.74) is 1.48. The Bertz CT molecular complexity index is 1040. The zero-order valence-corrected chi connectivity index (χ0v) is 18.3. The van der Waals surface area contributed by atoms with Crippen molar-refractivity contribution in [2.24, 2.45) is 0 Å². The molecule has 1 aliphatic heterocycles. The largest absolute Gasteiger partial charge is 0.493 e. The average molecular weight is 445 g/mol. The van der Waals surface area contributed by atoms with Gasteiger partial charge in [-0.25, -0.2) is 4.98 Å². The zero-order chi connectivity index (χ0) is 21.6. The highest BCUT2D eigenvalue weighted by molar-refractivity contribution is 6.28. The van der Waals surface area contributed by atoms with E-state index in [1.54, 1.807) is 20.3 Å². The van der Waals surface area contributed by atoms with Crippen LogP contribution in [0.15, 0.2) is 36.4 Å². The fraction of sp³-hybridized carbons (Fsp3) is 0.364. The van der Waals surface area contributed by atoms with Gasteiger partial charge in [-0.05, 0) is 29.8 Å². The van der Waals surface area contributed by atoms with Crippen LogP contribution in [0.4, 0.5) is 11.5 Å². The van der Waals surface area contributed by atoms with E-state index in [4.69, 9.17) is 30.5 Å². The number of nitrogens with zero attached hydrogens (tertiary/aromatic N) is 3. The number of hydrogen-bond acceptors (Lipinski definition) is 8. The molecule has 9 heteroatoms. The molecule has 1 fully saturated rings. The SMILES string of the molecule is COc1cc2nc(Cl)nc(Nc3cccc(OCCN4CCOCC4)c3)c2cc1OC. The minimum absolute atomic E-state index is 0.139. The summed E-state index contributed by atoms with van der Waals surface area (Å²) in [6.45, 7) is 4.94. The number of halogens is 1. The van der Waals surface area contributed by atoms with Gasteiger partial charge in [0.1, 0.15) is 18.2 Å². The van der Waals surface area contributed by atoms with Crippen LogP contribution >= 0.6 is 11.6 Å². The Kier molecular flexibility index (Phi) is 6.91. The molecule has 0 atom stereocenters. The predicted molar refractivity (Wildman–Crippen MR) is 120 cm³/mol. The number of rotatable bonds is 8. The standard InChI is InChI=1S/C22H25ClN4O4/c1-28-19-13-17-18(14-20(19)29-2)25-22(23)26-21(17)24-15-4-3-5-16(12-15)31-11-8-27-6-9-30-10-7-27/h3-5,12-14H,6-11H2,1-2H3,(H,24,25,26). The molecule has 1 aromatic heterocycles. The van der Waals surface area contributed by atoms with Crippen LogP contribution in [0.2, 0.25) is 5.28 Å². The van der Waals surface area contributed by atoms with Gasteiger partial charge in [0.15, 0.2) is 11.5 Å². The average Bonchev–Trinajstić information content (AvgIpc) is 2.79. The lowest BCUT2D eigenvalue weighted by atomic mass is 10.2. The van der Waals surface area contributed by atoms with E-state index >= 15 is 0 Å². The van der Waals surface area contributed by atoms with E-state index in [-0.39, 0.29) is 5.28 Å². The van der Waals surface area contributed by atoms with E-state index in [0.717, 1.165) is 49.7 Å². The summed E-state index contributed by atoms with van der Waals surface area (Å²) in [5, 5.41) is 4.22. The van der Waals surface area contributed by atoms with Gasteiger partial charge in [-0.1, -0.05) is 6.07 Å². The third-order valence-electron chi connectivity index (χ3n) is 5.05. The third kappa shape index (κ3) is 5.28. The van der Waals surface area contributed by atoms with E-state index < -0.39 is 0 Å². The Morgan fingerprint density at radius 1 is 1.06 bits per heavy atom. The number of aromatic nitrogens is 2. The first-order chi connectivity index (χ1) is 15.2. The smallest absolute Gasteiger partial charge is 0.224 e. The molecule has 0 radical (unpaired) electrons. The number of benzene rings is 2. The van der Waals surface area contributed by atoms with Gasteiger partial charge < -0.3 is 24.3 Å². The Morgan fingerprint density at radius 3 is 2.61 bits per heavy atom. The van der Waals surface area contributed by atoms with Crippen LogP contribution in [0.1, 0.15) is 0 Å². The van der Waals surface area contributed by atoms with Crippen molar-refractivity contribution in [3.8, 4) is 17.2 Å². The maximum Gasteiger partial charge on any atom is 0.224 e. The van der Waals surface area contributed by atoms with Crippen LogP contribution in [0.25, 0.3) is 10.9 Å². The molecule has 8 nitrogen and oxygen atoms in total. The van der Waals surface area contributed by atoms with E-state index in [2.05, 4.69) is 20.2 Å². The lowest BCUT2D eigenvalue weighted by Gasteiger charge is -2.26. The van der Waals surface area contributed by atoms with Crippen molar-refractivity contribution >= 4 is 34.0 Å². The highest BCUT2D eigenvalue weighted by atomic mass is 35.5. The summed E-state index contributed by atoms with van der Waals surface area (Å²) in [6.07, 6.45) is 0. The van der Waals surface area contributed by atoms with Gasteiger partial charge in [-0.3, -0.25) is 4.90 Å². The van der Waals surface area contributed by atoms with Gasteiger partial charge in [0.25, 0.3) is 0 Å². The second-order valence-corrected chi connectivity index (χ2v) is 7.36. The lowest BCUT2D eigenvalue weighted by molar-refractivity contribution is 0.0322. The first-order valence-corrected chi connectivity index (χ1v) is 10.4. The Morgan fingerprint density at radius 2 is 1.84 bits per heavy atom. The number of morpholine rings is 1. The van der Waals surface area contributed by atoms with Crippen LogP contribution < -0.4 is 19.5 Å². The van der Waals surface area contributed by atoms with Crippen LogP contribution in [0.5, 0.6) is 17.2 Å². The van der Waals surface area contributed by atoms with E-state index in [9.17, 15) is 0 Å². The molecule has 1 N–H and O–H groups in total. The van der Waals surface area contributed by atoms with Gasteiger partial charge in [-0.15, -0.1) is 0 Å². The molecule has 164 valence electrons. The zero-order valence-electron chi connectivity index (χ0n) is 17.6. The maximum atomic E-state index is 6.16. The highest BCUT2D eigenvalue weighted by Gasteiger charge is 2.14. The molecule has 0 aliphatic carbocycles. The van der Waals surface area contributed by atoms with Crippen molar-refractivity contribution in [1.82, 2.24) is 14.9 Å². The van der Waals surface area contributed by atoms with Crippen molar-refractivity contribution < 1.29 is 18.9 Å². The van der Waals surface area contributed by atoms with Gasteiger partial charge in [0, 0.05) is 42.8 Å². The van der Waals surface area contributed by atoms with Gasteiger partial charge in [0.05, 0.1) is 33.0 Å². The molecule has 3 aromatic rings. The third-order valence-corrected chi connectivity index (χ3v) is 5.22. The first kappa shape index (κ1) is 21.4. The van der Waals surface area contributed by atoms with Crippen LogP contribution in [-0.2, 0) is 4.74 Å². The summed E-state index contributed by atoms with van der Waals surface area (Å²) in [7, 11) is 3.17. The van der Waals surface area contributed by atoms with Crippen molar-refractivity contribution in [3.63, 3.8) is 0 Å². The van der Waals surface area contributed by atoms with Gasteiger partial charge in [0.2, 0.25) is 5.28 Å². The predicted octanol–water partition coefficient (Wildman–Crippen LogP) is 3.76. The van der Waals surface area contributed by atoms with E-state index in [0.29, 0.717) is 29.4 Å². The minimum atomic E-state index is 0.139. The summed E-state index contributed by atoms with van der Waals surface area (Å²) in [6, 6.07) is 11.3. The molecule has 0 amide bonds. The van der Waals surface area contributed by atoms with Crippen LogP contribution in [-0.4, -0.2) is 68.5 Å². The normalized spacial score (nSPS) is 14.4. The van der Waals surface area contributed by atoms with Crippen molar-refractivity contribution in [2.45, 2.75) is 0 Å². The maximum absolute atomic E-state index is 6.16. The van der Waals surface area contributed by atoms with Crippen LogP contribution in [0.3, 0.4) is 0 Å². The topological polar surface area (TPSA) is 78.0 Å². The molecule has 2 heterocycles. The Labute approximate surface area is 186 Å². The fourth-order valence-corrected chi connectivity index (χ4v) is 3.62. The Balaban J connectivity index is 1.51. The molecular weight excluding hydrogens is 420 g/mol. The lowest BCUT2D eigenvalue weighted by Crippen LogP contribution is -2.38. The Hall–Kier alpha value is -2.81. The number of anilines is 2. The monoisotopic (exact) mass is 444 g/mol. The molecule has 0 spiro atoms. The highest BCUT2D eigenvalue weighted by Crippen LogP contribution is 2.35. The molecule has 1 saturated heterocycles. The molecule has 31 heavy (non-hydrogen) atoms. The number of methoxy groups -OCH3 is 2. The van der Waals surface area contributed by atoms with Crippen LogP contribution in [0, 0.1) is 0 Å². The second kappa shape index (κ2) is 10.00. The van der Waals surface area contributed by atoms with Gasteiger partial charge >= 0.3 is 0 Å². The summed E-state index contributed by atoms with van der Waals surface area (Å²) < 4.78 is 22.1. The van der Waals surface area contributed by atoms with Gasteiger partial charge in [-0.2, -0.15) is 4.98 Å². The van der Waals surface area contributed by atoms with E-state index in [1.807, 2.05) is 30.3 Å².